The Morgan fingerprint density at radius 2 is 1.80 bits per heavy atom. The Balaban J connectivity index is 2.32. The second-order valence-corrected chi connectivity index (χ2v) is 8.77. The van der Waals surface area contributed by atoms with Crippen LogP contribution in [0.1, 0.15) is 25.7 Å². The van der Waals surface area contributed by atoms with Gasteiger partial charge in [0.25, 0.3) is 0 Å². The Kier molecular flexibility index (Phi) is 3.13. The van der Waals surface area contributed by atoms with Crippen molar-refractivity contribution in [3.63, 3.8) is 0 Å². The molecule has 0 spiro atoms. The lowest BCUT2D eigenvalue weighted by Crippen LogP contribution is -2.39. The summed E-state index contributed by atoms with van der Waals surface area (Å²) in [6, 6.07) is 1.01. The first-order valence-corrected chi connectivity index (χ1v) is 8.16. The molecule has 0 amide bonds. The summed E-state index contributed by atoms with van der Waals surface area (Å²) in [4.78, 5) is 0. The van der Waals surface area contributed by atoms with Crippen molar-refractivity contribution in [2.45, 2.75) is 44.8 Å². The quantitative estimate of drug-likeness (QED) is 0.550. The molecule has 0 saturated heterocycles. The van der Waals surface area contributed by atoms with Gasteiger partial charge in [0, 0.05) is 0 Å². The van der Waals surface area contributed by atoms with Gasteiger partial charge in [-0.15, -0.1) is 0 Å². The molecule has 0 aromatic rings. The van der Waals surface area contributed by atoms with Crippen molar-refractivity contribution in [2.75, 3.05) is 0 Å². The average Bonchev–Trinajstić information content (AvgIpc) is 2.36. The van der Waals surface area contributed by atoms with Crippen molar-refractivity contribution >= 4 is 19.4 Å². The van der Waals surface area contributed by atoms with Crippen LogP contribution in [0.5, 0.6) is 0 Å². The van der Waals surface area contributed by atoms with Crippen molar-refractivity contribution < 1.29 is 0 Å². The predicted octanol–water partition coefficient (Wildman–Crippen LogP) is 0.495. The molecule has 1 aliphatic rings. The largest absolute Gasteiger partial charge is 0.353 e. The topological polar surface area (TPSA) is 3.24 Å². The average molecular weight is 173 g/mol. The molecule has 0 atom stereocenters. The third-order valence-corrected chi connectivity index (χ3v) is 8.59. The Morgan fingerprint density at radius 3 is 2.20 bits per heavy atom. The maximum atomic E-state index is 2.78. The minimum absolute atomic E-state index is 0.423. The van der Waals surface area contributed by atoms with E-state index in [9.17, 15) is 0 Å². The number of rotatable bonds is 2. The molecule has 60 valence electrons. The molecule has 1 aliphatic carbocycles. The lowest BCUT2D eigenvalue weighted by molar-refractivity contribution is 0.483. The van der Waals surface area contributed by atoms with Crippen LogP contribution in [0.2, 0.25) is 13.1 Å². The summed E-state index contributed by atoms with van der Waals surface area (Å²) in [5, 5.41) is 0. The van der Waals surface area contributed by atoms with E-state index >= 15 is 0 Å². The second kappa shape index (κ2) is 3.69. The molecule has 10 heavy (non-hydrogen) atoms. The third-order valence-electron chi connectivity index (χ3n) is 2.72. The zero-order chi connectivity index (χ0) is 7.56. The van der Waals surface area contributed by atoms with E-state index in [1.807, 2.05) is 0 Å². The summed E-state index contributed by atoms with van der Waals surface area (Å²) in [6.45, 7) is 4.90. The Hall–Kier alpha value is 0.394. The van der Waals surface area contributed by atoms with Crippen LogP contribution >= 0.6 is 0 Å². The van der Waals surface area contributed by atoms with Crippen LogP contribution < -0.4 is 0 Å². The van der Waals surface area contributed by atoms with E-state index in [-0.39, 0.29) is 0 Å². The Morgan fingerprint density at radius 1 is 1.30 bits per heavy atom. The van der Waals surface area contributed by atoms with Crippen molar-refractivity contribution in [3.05, 3.63) is 0 Å². The molecular formula is C7H19NSi2. The van der Waals surface area contributed by atoms with Gasteiger partial charge in [0.1, 0.15) is 0 Å². The van der Waals surface area contributed by atoms with Crippen molar-refractivity contribution in [2.24, 2.45) is 0 Å². The van der Waals surface area contributed by atoms with Crippen LogP contribution in [0.3, 0.4) is 0 Å². The van der Waals surface area contributed by atoms with Gasteiger partial charge in [0.2, 0.25) is 0 Å². The Labute approximate surface area is 69.0 Å². The summed E-state index contributed by atoms with van der Waals surface area (Å²) in [5.41, 5.74) is 0. The molecule has 3 heteroatoms. The zero-order valence-corrected chi connectivity index (χ0v) is 10.6. The highest BCUT2D eigenvalue weighted by atomic mass is 28.3. The molecule has 1 rings (SSSR count). The van der Waals surface area contributed by atoms with Crippen LogP contribution in [0.15, 0.2) is 0 Å². The maximum absolute atomic E-state index is 2.78. The molecule has 0 aromatic carbocycles. The molecule has 1 nitrogen and oxygen atoms in total. The van der Waals surface area contributed by atoms with Crippen LogP contribution in [0, 0.1) is 0 Å². The van der Waals surface area contributed by atoms with E-state index < -0.39 is 8.96 Å². The maximum Gasteiger partial charge on any atom is 0.0978 e. The zero-order valence-electron chi connectivity index (χ0n) is 7.43. The van der Waals surface area contributed by atoms with E-state index in [0.717, 1.165) is 6.04 Å². The summed E-state index contributed by atoms with van der Waals surface area (Å²) < 4.78 is 2.78. The molecular weight excluding hydrogens is 154 g/mol. The van der Waals surface area contributed by atoms with E-state index in [1.165, 1.54) is 36.1 Å². The van der Waals surface area contributed by atoms with Crippen molar-refractivity contribution in [1.82, 2.24) is 4.23 Å². The highest BCUT2D eigenvalue weighted by molar-refractivity contribution is 6.58. The van der Waals surface area contributed by atoms with Crippen molar-refractivity contribution in [3.8, 4) is 0 Å². The fraction of sp³-hybridized carbons (Fsp3) is 1.00. The summed E-state index contributed by atoms with van der Waals surface area (Å²) in [6.07, 6.45) is 5.97. The normalized spacial score (nSPS) is 21.6. The van der Waals surface area contributed by atoms with E-state index in [1.54, 1.807) is 0 Å². The number of hydrogen-bond acceptors (Lipinski definition) is 1. The van der Waals surface area contributed by atoms with E-state index in [4.69, 9.17) is 0 Å². The molecule has 0 unspecified atom stereocenters. The molecule has 0 N–H and O–H groups in total. The van der Waals surface area contributed by atoms with Gasteiger partial charge in [0.15, 0.2) is 0 Å². The monoisotopic (exact) mass is 173 g/mol. The van der Waals surface area contributed by atoms with Crippen LogP contribution in [-0.4, -0.2) is 29.6 Å². The van der Waals surface area contributed by atoms with Gasteiger partial charge in [-0.3, -0.25) is 0 Å². The summed E-state index contributed by atoms with van der Waals surface area (Å²) in [7, 11) is 0.888. The molecule has 0 heterocycles. The van der Waals surface area contributed by atoms with Gasteiger partial charge in [0.05, 0.1) is 19.4 Å². The smallest absolute Gasteiger partial charge is 0.0978 e. The SMILES string of the molecule is C[SiH](C)N([SiH3])C1CCCC1. The third kappa shape index (κ3) is 1.94. The fourth-order valence-electron chi connectivity index (χ4n) is 1.73. The molecule has 1 fully saturated rings. The van der Waals surface area contributed by atoms with Crippen molar-refractivity contribution in [1.29, 1.82) is 0 Å². The van der Waals surface area contributed by atoms with Gasteiger partial charge in [-0.2, -0.15) is 0 Å². The first-order chi connectivity index (χ1) is 4.72. The van der Waals surface area contributed by atoms with E-state index in [0.29, 0.717) is 0 Å². The number of hydrogen-bond donors (Lipinski definition) is 0. The standard InChI is InChI=1S/C7H19NSi2/c1-10(2)8(9)7-5-3-4-6-7/h7,10H,3-6H2,1-2,9H3. The molecule has 0 bridgehead atoms. The van der Waals surface area contributed by atoms with E-state index in [2.05, 4.69) is 17.3 Å². The van der Waals surface area contributed by atoms with Crippen LogP contribution in [0.4, 0.5) is 0 Å². The fourth-order valence-corrected chi connectivity index (χ4v) is 3.39. The highest BCUT2D eigenvalue weighted by Gasteiger charge is 2.20. The van der Waals surface area contributed by atoms with Crippen LogP contribution in [-0.2, 0) is 0 Å². The lowest BCUT2D eigenvalue weighted by Gasteiger charge is -2.27. The summed E-state index contributed by atoms with van der Waals surface area (Å²) >= 11 is 0. The minimum atomic E-state index is -0.423. The Bertz CT molecular complexity index is 99.8. The van der Waals surface area contributed by atoms with Crippen LogP contribution in [0.25, 0.3) is 0 Å². The second-order valence-electron chi connectivity index (χ2n) is 3.70. The first kappa shape index (κ1) is 8.49. The first-order valence-electron chi connectivity index (χ1n) is 4.43. The minimum Gasteiger partial charge on any atom is -0.353 e. The lowest BCUT2D eigenvalue weighted by atomic mass is 10.3. The van der Waals surface area contributed by atoms with Gasteiger partial charge in [-0.25, -0.2) is 0 Å². The highest BCUT2D eigenvalue weighted by Crippen LogP contribution is 2.22. The van der Waals surface area contributed by atoms with Gasteiger partial charge in [-0.1, -0.05) is 25.9 Å². The van der Waals surface area contributed by atoms with Gasteiger partial charge in [-0.05, 0) is 18.9 Å². The molecule has 1 saturated carbocycles. The molecule has 0 aliphatic heterocycles. The van der Waals surface area contributed by atoms with Gasteiger partial charge < -0.3 is 4.23 Å². The molecule has 0 radical (unpaired) electrons. The summed E-state index contributed by atoms with van der Waals surface area (Å²) in [5.74, 6) is 0. The van der Waals surface area contributed by atoms with Gasteiger partial charge >= 0.3 is 0 Å². The number of nitrogens with zero attached hydrogens (tertiary/aromatic N) is 1. The molecule has 0 aromatic heterocycles. The predicted molar refractivity (Wildman–Crippen MR) is 52.9 cm³/mol.